The molecule has 0 aromatic rings. The minimum atomic E-state index is -1.91. The van der Waals surface area contributed by atoms with Crippen LogP contribution in [0.2, 0.25) is 36.3 Å². The van der Waals surface area contributed by atoms with Crippen LogP contribution in [-0.4, -0.2) is 45.8 Å². The summed E-state index contributed by atoms with van der Waals surface area (Å²) in [5.74, 6) is 1.90. The maximum Gasteiger partial charge on any atom is 0.192 e. The monoisotopic (exact) mass is 727 g/mol. The highest BCUT2D eigenvalue weighted by Gasteiger charge is 2.54. The zero-order valence-electron chi connectivity index (χ0n) is 34.8. The molecule has 4 aliphatic carbocycles. The number of rotatable bonds is 14. The number of allylic oxidation sites excluding steroid dienone is 4. The fourth-order valence-corrected chi connectivity index (χ4v) is 12.0. The van der Waals surface area contributed by atoms with Crippen LogP contribution >= 0.6 is 0 Å². The van der Waals surface area contributed by atoms with E-state index >= 15 is 0 Å². The molecule has 0 aliphatic heterocycles. The van der Waals surface area contributed by atoms with Gasteiger partial charge in [0.25, 0.3) is 0 Å². The average Bonchev–Trinajstić information content (AvgIpc) is 3.73. The summed E-state index contributed by atoms with van der Waals surface area (Å²) >= 11 is 0. The van der Waals surface area contributed by atoms with Crippen molar-refractivity contribution in [1.82, 2.24) is 0 Å². The molecule has 6 heteroatoms. The fraction of sp³-hybridized carbons (Fsp3) is 0.841. The van der Waals surface area contributed by atoms with Crippen molar-refractivity contribution in [3.8, 4) is 0 Å². The van der Waals surface area contributed by atoms with Gasteiger partial charge in [0.2, 0.25) is 0 Å². The van der Waals surface area contributed by atoms with E-state index in [1.165, 1.54) is 37.7 Å². The van der Waals surface area contributed by atoms with Crippen molar-refractivity contribution in [1.29, 1.82) is 0 Å². The zero-order chi connectivity index (χ0) is 37.3. The Labute approximate surface area is 311 Å². The van der Waals surface area contributed by atoms with E-state index in [1.807, 2.05) is 6.08 Å². The fourth-order valence-electron chi connectivity index (χ4n) is 9.26. The summed E-state index contributed by atoms with van der Waals surface area (Å²) in [6.07, 6.45) is 23.9. The van der Waals surface area contributed by atoms with E-state index < -0.39 is 28.2 Å². The third kappa shape index (κ3) is 9.46. The molecule has 286 valence electrons. The van der Waals surface area contributed by atoms with Gasteiger partial charge in [-0.05, 0) is 130 Å². The van der Waals surface area contributed by atoms with Crippen molar-refractivity contribution in [3.05, 3.63) is 35.5 Å². The maximum absolute atomic E-state index is 13.0. The standard InChI is InChI=1S/C44H78O4Si2/c1-14-15-16-19-39(45)44(27-28-44)40(46)25-20-32(2)37-23-24-38-34(18-17-26-43(37,38)9)22-21-33-29-35(47-49(10,11)41(3,4)5)31-36(30-33)48-50(12,13)42(6,7)8/h20-22,25,32,35-38,40,46H,14-19,23-24,26-31H2,1-13H3/t32-,35-,36-,37-,38+,40+,43-/m1/s1. The first kappa shape index (κ1) is 42.0. The molecule has 0 unspecified atom stereocenters. The second-order valence-corrected chi connectivity index (χ2v) is 30.0. The number of unbranched alkanes of at least 4 members (excludes halogenated alkanes) is 2. The Morgan fingerprint density at radius 2 is 1.48 bits per heavy atom. The molecule has 0 bridgehead atoms. The number of carbonyl (C=O) groups excluding carboxylic acids is 1. The Bertz CT molecular complexity index is 1220. The van der Waals surface area contributed by atoms with E-state index in [0.717, 1.165) is 51.4 Å². The van der Waals surface area contributed by atoms with Crippen molar-refractivity contribution in [2.24, 2.45) is 28.6 Å². The number of hydrogen-bond acceptors (Lipinski definition) is 4. The molecule has 0 aromatic heterocycles. The van der Waals surface area contributed by atoms with Crippen LogP contribution in [0.15, 0.2) is 35.5 Å². The predicted octanol–water partition coefficient (Wildman–Crippen LogP) is 12.5. The van der Waals surface area contributed by atoms with E-state index in [4.69, 9.17) is 8.85 Å². The lowest BCUT2D eigenvalue weighted by Crippen LogP contribution is -2.48. The lowest BCUT2D eigenvalue weighted by molar-refractivity contribution is -0.127. The molecule has 0 spiro atoms. The number of hydrogen-bond donors (Lipinski definition) is 1. The number of aliphatic hydroxyl groups is 1. The number of Topliss-reactive ketones (excluding diaryl/α,β-unsaturated/α-hetero) is 1. The number of fused-ring (bicyclic) bond motifs is 1. The highest BCUT2D eigenvalue weighted by atomic mass is 28.4. The average molecular weight is 727 g/mol. The lowest BCUT2D eigenvalue weighted by Gasteiger charge is -2.45. The minimum Gasteiger partial charge on any atom is -0.414 e. The molecular formula is C44H78O4Si2. The minimum absolute atomic E-state index is 0.188. The van der Waals surface area contributed by atoms with E-state index in [2.05, 4.69) is 107 Å². The molecular weight excluding hydrogens is 649 g/mol. The first-order chi connectivity index (χ1) is 23.1. The summed E-state index contributed by atoms with van der Waals surface area (Å²) in [6.45, 7) is 30.8. The first-order valence-electron chi connectivity index (χ1n) is 20.7. The van der Waals surface area contributed by atoms with Crippen LogP contribution in [0.3, 0.4) is 0 Å². The molecule has 1 N–H and O–H groups in total. The van der Waals surface area contributed by atoms with Gasteiger partial charge in [-0.2, -0.15) is 0 Å². The van der Waals surface area contributed by atoms with E-state index in [-0.39, 0.29) is 33.5 Å². The quantitative estimate of drug-likeness (QED) is 0.110. The van der Waals surface area contributed by atoms with Crippen molar-refractivity contribution in [2.45, 2.75) is 207 Å². The van der Waals surface area contributed by atoms with Crippen molar-refractivity contribution >= 4 is 22.4 Å². The molecule has 0 saturated heterocycles. The SMILES string of the molecule is CCCCCC(=O)C1([C@@H](O)C=C[C@@H](C)[C@H]2CC[C@H]3C(=CC=C4C[C@@H](O[Si](C)(C)C(C)(C)C)C[C@H](O[Si](C)(C)C(C)(C)C)C4)CCC[C@]23C)CC1. The van der Waals surface area contributed by atoms with Gasteiger partial charge in [-0.3, -0.25) is 4.79 Å². The van der Waals surface area contributed by atoms with Crippen LogP contribution in [0.4, 0.5) is 0 Å². The second kappa shape index (κ2) is 15.9. The Hall–Kier alpha value is -0.796. The Balaban J connectivity index is 1.49. The zero-order valence-corrected chi connectivity index (χ0v) is 36.8. The summed E-state index contributed by atoms with van der Waals surface area (Å²) in [6, 6.07) is 0. The third-order valence-electron chi connectivity index (χ3n) is 14.8. The molecule has 7 atom stereocenters. The van der Waals surface area contributed by atoms with Gasteiger partial charge in [-0.15, -0.1) is 0 Å². The summed E-state index contributed by atoms with van der Waals surface area (Å²) in [5.41, 5.74) is 2.93. The summed E-state index contributed by atoms with van der Waals surface area (Å²) < 4.78 is 14.2. The van der Waals surface area contributed by atoms with Gasteiger partial charge in [-0.1, -0.05) is 111 Å². The van der Waals surface area contributed by atoms with E-state index in [9.17, 15) is 9.90 Å². The van der Waals surface area contributed by atoms with Gasteiger partial charge in [0.15, 0.2) is 16.6 Å². The van der Waals surface area contributed by atoms with E-state index in [1.54, 1.807) is 5.57 Å². The molecule has 0 heterocycles. The Morgan fingerprint density at radius 1 is 0.900 bits per heavy atom. The van der Waals surface area contributed by atoms with Crippen LogP contribution in [0.1, 0.15) is 152 Å². The largest absolute Gasteiger partial charge is 0.414 e. The molecule has 4 fully saturated rings. The Kier molecular flexibility index (Phi) is 13.3. The second-order valence-electron chi connectivity index (χ2n) is 20.5. The van der Waals surface area contributed by atoms with Crippen LogP contribution < -0.4 is 0 Å². The molecule has 4 rings (SSSR count). The number of ketones is 1. The number of aliphatic hydroxyl groups excluding tert-OH is 1. The van der Waals surface area contributed by atoms with Crippen LogP contribution in [-0.2, 0) is 13.6 Å². The molecule has 0 amide bonds. The highest BCUT2D eigenvalue weighted by Crippen LogP contribution is 2.60. The van der Waals surface area contributed by atoms with Crippen molar-refractivity contribution in [3.63, 3.8) is 0 Å². The van der Waals surface area contributed by atoms with Gasteiger partial charge in [-0.25, -0.2) is 0 Å². The maximum atomic E-state index is 13.0. The highest BCUT2D eigenvalue weighted by molar-refractivity contribution is 6.74. The van der Waals surface area contributed by atoms with Crippen molar-refractivity contribution in [2.75, 3.05) is 0 Å². The van der Waals surface area contributed by atoms with Gasteiger partial charge < -0.3 is 14.0 Å². The van der Waals surface area contributed by atoms with Gasteiger partial charge in [0, 0.05) is 6.42 Å². The molecule has 0 aromatic carbocycles. The van der Waals surface area contributed by atoms with Crippen LogP contribution in [0.5, 0.6) is 0 Å². The molecule has 4 saturated carbocycles. The number of carbonyl (C=O) groups is 1. The topological polar surface area (TPSA) is 55.8 Å². The van der Waals surface area contributed by atoms with Crippen molar-refractivity contribution < 1.29 is 18.8 Å². The lowest BCUT2D eigenvalue weighted by atomic mass is 9.61. The summed E-state index contributed by atoms with van der Waals surface area (Å²) in [4.78, 5) is 13.0. The molecule has 4 aliphatic rings. The normalized spacial score (nSPS) is 31.2. The van der Waals surface area contributed by atoms with Gasteiger partial charge >= 0.3 is 0 Å². The van der Waals surface area contributed by atoms with Crippen LogP contribution in [0.25, 0.3) is 0 Å². The van der Waals surface area contributed by atoms with Crippen LogP contribution in [0, 0.1) is 28.6 Å². The molecule has 0 radical (unpaired) electrons. The summed E-state index contributed by atoms with van der Waals surface area (Å²) in [7, 11) is -3.81. The first-order valence-corrected chi connectivity index (χ1v) is 26.5. The Morgan fingerprint density at radius 3 is 2.00 bits per heavy atom. The van der Waals surface area contributed by atoms with Gasteiger partial charge in [0.1, 0.15) is 5.78 Å². The van der Waals surface area contributed by atoms with E-state index in [0.29, 0.717) is 24.2 Å². The predicted molar refractivity (Wildman–Crippen MR) is 217 cm³/mol. The third-order valence-corrected chi connectivity index (χ3v) is 23.8. The molecule has 50 heavy (non-hydrogen) atoms. The summed E-state index contributed by atoms with van der Waals surface area (Å²) in [5, 5.41) is 11.6. The van der Waals surface area contributed by atoms with Gasteiger partial charge in [0.05, 0.1) is 23.7 Å². The smallest absolute Gasteiger partial charge is 0.192 e. The molecule has 4 nitrogen and oxygen atoms in total.